The number of hydrogen-bond donors (Lipinski definition) is 1. The van der Waals surface area contributed by atoms with Crippen molar-refractivity contribution in [3.8, 4) is 6.07 Å². The molecule has 0 aliphatic rings. The van der Waals surface area contributed by atoms with Gasteiger partial charge in [-0.05, 0) is 35.9 Å². The van der Waals surface area contributed by atoms with E-state index < -0.39 is 0 Å². The lowest BCUT2D eigenvalue weighted by molar-refractivity contribution is -0.111. The van der Waals surface area contributed by atoms with Gasteiger partial charge in [0.05, 0.1) is 23.5 Å². The van der Waals surface area contributed by atoms with Crippen LogP contribution in [0.15, 0.2) is 52.6 Å². The lowest BCUT2D eigenvalue weighted by Crippen LogP contribution is -2.13. The Morgan fingerprint density at radius 2 is 2.13 bits per heavy atom. The third kappa shape index (κ3) is 3.51. The minimum Gasteiger partial charge on any atom is -0.465 e. The van der Waals surface area contributed by atoms with Gasteiger partial charge in [-0.25, -0.2) is 0 Å². The summed E-state index contributed by atoms with van der Waals surface area (Å²) in [5.41, 5.74) is 3.13. The summed E-state index contributed by atoms with van der Waals surface area (Å²) in [6, 6.07) is 12.3. The van der Waals surface area contributed by atoms with E-state index in [-0.39, 0.29) is 5.91 Å². The van der Waals surface area contributed by atoms with Crippen molar-refractivity contribution >= 4 is 34.0 Å². The maximum Gasteiger partial charge on any atom is 0.258 e. The van der Waals surface area contributed by atoms with Crippen molar-refractivity contribution in [2.45, 2.75) is 0 Å². The van der Waals surface area contributed by atoms with Gasteiger partial charge in [-0.1, -0.05) is 23.5 Å². The van der Waals surface area contributed by atoms with Crippen LogP contribution in [0, 0.1) is 11.3 Å². The van der Waals surface area contributed by atoms with E-state index in [1.165, 1.54) is 23.1 Å². The van der Waals surface area contributed by atoms with Gasteiger partial charge in [-0.15, -0.1) is 10.2 Å². The van der Waals surface area contributed by atoms with Gasteiger partial charge in [0.25, 0.3) is 5.91 Å². The van der Waals surface area contributed by atoms with Crippen molar-refractivity contribution in [1.82, 2.24) is 10.2 Å². The fourth-order valence-electron chi connectivity index (χ4n) is 1.91. The third-order valence-corrected chi connectivity index (χ3v) is 3.59. The molecule has 0 saturated heterocycles. The van der Waals surface area contributed by atoms with Crippen LogP contribution in [0.4, 0.5) is 5.13 Å². The zero-order valence-corrected chi connectivity index (χ0v) is 12.6. The highest BCUT2D eigenvalue weighted by Crippen LogP contribution is 2.22. The molecular formula is C16H10N4O2S. The second kappa shape index (κ2) is 6.68. The van der Waals surface area contributed by atoms with E-state index in [9.17, 15) is 4.79 Å². The molecule has 0 unspecified atom stereocenters. The van der Waals surface area contributed by atoms with Crippen LogP contribution in [-0.4, -0.2) is 16.1 Å². The first-order chi connectivity index (χ1) is 11.3. The van der Waals surface area contributed by atoms with E-state index in [2.05, 4.69) is 15.5 Å². The van der Waals surface area contributed by atoms with Crippen molar-refractivity contribution < 1.29 is 9.21 Å². The Bertz CT molecular complexity index is 860. The number of hydrogen-bond acceptors (Lipinski definition) is 6. The van der Waals surface area contributed by atoms with Gasteiger partial charge in [0, 0.05) is 0 Å². The predicted molar refractivity (Wildman–Crippen MR) is 86.3 cm³/mol. The molecule has 0 atom stereocenters. The molecule has 0 aliphatic heterocycles. The van der Waals surface area contributed by atoms with Crippen molar-refractivity contribution in [2.75, 3.05) is 5.32 Å². The molecule has 2 heterocycles. The van der Waals surface area contributed by atoms with Crippen LogP contribution >= 0.6 is 11.3 Å². The van der Waals surface area contributed by atoms with E-state index >= 15 is 0 Å². The Morgan fingerprint density at radius 1 is 1.30 bits per heavy atom. The summed E-state index contributed by atoms with van der Waals surface area (Å²) in [6.45, 7) is 0. The number of benzene rings is 1. The monoisotopic (exact) mass is 322 g/mol. The lowest BCUT2D eigenvalue weighted by atomic mass is 10.0. The SMILES string of the molecule is N#Cc1ccc(/C(=C/c2ccco2)C(=O)Nc2nncs2)cc1. The quantitative estimate of drug-likeness (QED) is 0.745. The van der Waals surface area contributed by atoms with Gasteiger partial charge >= 0.3 is 0 Å². The molecule has 6 nitrogen and oxygen atoms in total. The van der Waals surface area contributed by atoms with Crippen LogP contribution in [-0.2, 0) is 4.79 Å². The van der Waals surface area contributed by atoms with E-state index in [1.807, 2.05) is 6.07 Å². The van der Waals surface area contributed by atoms with Crippen molar-refractivity contribution in [2.24, 2.45) is 0 Å². The average molecular weight is 322 g/mol. The summed E-state index contributed by atoms with van der Waals surface area (Å²) in [6.07, 6.45) is 3.17. The zero-order valence-electron chi connectivity index (χ0n) is 11.8. The van der Waals surface area contributed by atoms with Crippen LogP contribution in [0.1, 0.15) is 16.9 Å². The minimum atomic E-state index is -0.331. The molecule has 3 aromatic rings. The van der Waals surface area contributed by atoms with E-state index in [0.717, 1.165) is 0 Å². The number of rotatable bonds is 4. The molecule has 0 spiro atoms. The van der Waals surface area contributed by atoms with E-state index in [4.69, 9.17) is 9.68 Å². The highest BCUT2D eigenvalue weighted by molar-refractivity contribution is 7.13. The first kappa shape index (κ1) is 14.7. The number of nitrogens with zero attached hydrogens (tertiary/aromatic N) is 3. The van der Waals surface area contributed by atoms with Crippen LogP contribution in [0.2, 0.25) is 0 Å². The smallest absolute Gasteiger partial charge is 0.258 e. The van der Waals surface area contributed by atoms with Gasteiger partial charge in [-0.3, -0.25) is 10.1 Å². The lowest BCUT2D eigenvalue weighted by Gasteiger charge is -2.07. The molecule has 3 rings (SSSR count). The van der Waals surface area contributed by atoms with Crippen LogP contribution in [0.25, 0.3) is 11.6 Å². The van der Waals surface area contributed by atoms with Crippen LogP contribution in [0.3, 0.4) is 0 Å². The Kier molecular flexibility index (Phi) is 4.27. The summed E-state index contributed by atoms with van der Waals surface area (Å²) < 4.78 is 5.28. The summed E-state index contributed by atoms with van der Waals surface area (Å²) in [5, 5.41) is 19.5. The predicted octanol–water partition coefficient (Wildman–Crippen LogP) is 3.18. The normalized spacial score (nSPS) is 11.0. The molecule has 0 saturated carbocycles. The fourth-order valence-corrected chi connectivity index (χ4v) is 2.35. The Hall–Kier alpha value is -3.24. The minimum absolute atomic E-state index is 0.331. The van der Waals surface area contributed by atoms with Crippen LogP contribution < -0.4 is 5.32 Å². The molecule has 1 N–H and O–H groups in total. The summed E-state index contributed by atoms with van der Waals surface area (Å²) >= 11 is 1.23. The fraction of sp³-hybridized carbons (Fsp3) is 0. The van der Waals surface area contributed by atoms with Gasteiger partial charge < -0.3 is 4.42 Å². The molecule has 0 fully saturated rings. The second-order valence-electron chi connectivity index (χ2n) is 4.46. The largest absolute Gasteiger partial charge is 0.465 e. The van der Waals surface area contributed by atoms with Crippen molar-refractivity contribution in [3.63, 3.8) is 0 Å². The number of carbonyl (C=O) groups is 1. The van der Waals surface area contributed by atoms with E-state index in [0.29, 0.717) is 27.6 Å². The van der Waals surface area contributed by atoms with Gasteiger partial charge in [0.1, 0.15) is 11.3 Å². The maximum absolute atomic E-state index is 12.5. The Labute approximate surface area is 135 Å². The summed E-state index contributed by atoms with van der Waals surface area (Å²) in [7, 11) is 0. The maximum atomic E-state index is 12.5. The van der Waals surface area contributed by atoms with E-state index in [1.54, 1.807) is 42.5 Å². The molecule has 112 valence electrons. The average Bonchev–Trinajstić information content (AvgIpc) is 3.26. The Balaban J connectivity index is 1.96. The summed E-state index contributed by atoms with van der Waals surface area (Å²) in [5.74, 6) is 0.222. The third-order valence-electron chi connectivity index (χ3n) is 2.98. The second-order valence-corrected chi connectivity index (χ2v) is 5.29. The number of amides is 1. The molecule has 1 amide bonds. The molecule has 23 heavy (non-hydrogen) atoms. The highest BCUT2D eigenvalue weighted by Gasteiger charge is 2.14. The summed E-state index contributed by atoms with van der Waals surface area (Å²) in [4.78, 5) is 12.5. The van der Waals surface area contributed by atoms with Crippen LogP contribution in [0.5, 0.6) is 0 Å². The van der Waals surface area contributed by atoms with Gasteiger partial charge in [0.2, 0.25) is 5.13 Å². The number of nitriles is 1. The van der Waals surface area contributed by atoms with Crippen molar-refractivity contribution in [1.29, 1.82) is 5.26 Å². The molecule has 1 aromatic carbocycles. The number of carbonyl (C=O) groups excluding carboxylic acids is 1. The molecule has 0 aliphatic carbocycles. The number of aromatic nitrogens is 2. The molecule has 0 bridgehead atoms. The topological polar surface area (TPSA) is 91.8 Å². The molecule has 0 radical (unpaired) electrons. The molecule has 2 aromatic heterocycles. The van der Waals surface area contributed by atoms with Gasteiger partial charge in [0.15, 0.2) is 0 Å². The first-order valence-electron chi connectivity index (χ1n) is 6.59. The highest BCUT2D eigenvalue weighted by atomic mass is 32.1. The van der Waals surface area contributed by atoms with Gasteiger partial charge in [-0.2, -0.15) is 5.26 Å². The number of nitrogens with one attached hydrogen (secondary N) is 1. The standard InChI is InChI=1S/C16H10N4O2S/c17-9-11-3-5-12(6-4-11)14(8-13-2-1-7-22-13)15(21)19-16-20-18-10-23-16/h1-8,10H,(H,19,20,21)/b14-8-. The number of furan rings is 1. The Morgan fingerprint density at radius 3 is 2.74 bits per heavy atom. The molecular weight excluding hydrogens is 312 g/mol. The number of anilines is 1. The first-order valence-corrected chi connectivity index (χ1v) is 7.47. The molecule has 7 heteroatoms. The zero-order chi connectivity index (χ0) is 16.1. The van der Waals surface area contributed by atoms with Crippen molar-refractivity contribution in [3.05, 3.63) is 65.1 Å².